The van der Waals surface area contributed by atoms with Crippen LogP contribution in [0.2, 0.25) is 0 Å². The zero-order valence-corrected chi connectivity index (χ0v) is 12.8. The predicted molar refractivity (Wildman–Crippen MR) is 81.4 cm³/mol. The van der Waals surface area contributed by atoms with Gasteiger partial charge in [0, 0.05) is 18.5 Å². The summed E-state index contributed by atoms with van der Waals surface area (Å²) in [6, 6.07) is 0. The highest BCUT2D eigenvalue weighted by molar-refractivity contribution is 5.82. The largest absolute Gasteiger partial charge is 0.387 e. The maximum atomic E-state index is 7.59. The number of rotatable bonds is 10. The molecule has 0 bridgehead atoms. The molecule has 0 spiro atoms. The summed E-state index contributed by atoms with van der Waals surface area (Å²) in [5.74, 6) is 2.35. The number of nitrogens with two attached hydrogens (primary N) is 1. The van der Waals surface area contributed by atoms with E-state index in [1.807, 2.05) is 0 Å². The zero-order valence-electron chi connectivity index (χ0n) is 12.8. The molecule has 0 atom stereocenters. The Morgan fingerprint density at radius 2 is 1.63 bits per heavy atom. The SMILES string of the molecule is CC(C)(CCCCN(CC1CC1)CC1CC1)C(=N)N. The number of unbranched alkanes of at least 4 members (excludes halogenated alkanes) is 1. The van der Waals surface area contributed by atoms with Crippen molar-refractivity contribution < 1.29 is 0 Å². The van der Waals surface area contributed by atoms with Crippen LogP contribution in [-0.4, -0.2) is 30.4 Å². The van der Waals surface area contributed by atoms with Gasteiger partial charge in [-0.15, -0.1) is 0 Å². The van der Waals surface area contributed by atoms with E-state index in [9.17, 15) is 0 Å². The van der Waals surface area contributed by atoms with Crippen molar-refractivity contribution in [3.05, 3.63) is 0 Å². The lowest BCUT2D eigenvalue weighted by molar-refractivity contribution is 0.243. The number of hydrogen-bond acceptors (Lipinski definition) is 2. The van der Waals surface area contributed by atoms with E-state index in [1.165, 1.54) is 58.2 Å². The van der Waals surface area contributed by atoms with Crippen LogP contribution in [0.1, 0.15) is 58.8 Å². The molecular formula is C16H31N3. The van der Waals surface area contributed by atoms with Crippen molar-refractivity contribution in [2.24, 2.45) is 23.0 Å². The van der Waals surface area contributed by atoms with Crippen LogP contribution in [0.15, 0.2) is 0 Å². The normalized spacial score (nSPS) is 19.9. The predicted octanol–water partition coefficient (Wildman–Crippen LogP) is 3.24. The summed E-state index contributed by atoms with van der Waals surface area (Å²) in [5, 5.41) is 7.59. The summed E-state index contributed by atoms with van der Waals surface area (Å²) in [5.41, 5.74) is 5.52. The van der Waals surface area contributed by atoms with Gasteiger partial charge in [-0.1, -0.05) is 20.3 Å². The fourth-order valence-corrected chi connectivity index (χ4v) is 2.63. The molecule has 2 saturated carbocycles. The lowest BCUT2D eigenvalue weighted by Gasteiger charge is -2.25. The molecule has 110 valence electrons. The third kappa shape index (κ3) is 5.52. The van der Waals surface area contributed by atoms with Gasteiger partial charge in [0.25, 0.3) is 0 Å². The molecule has 2 rings (SSSR count). The molecule has 0 aromatic heterocycles. The molecule has 0 heterocycles. The van der Waals surface area contributed by atoms with Gasteiger partial charge in [-0.05, 0) is 56.9 Å². The molecular weight excluding hydrogens is 234 g/mol. The molecule has 0 aromatic rings. The molecule has 2 aliphatic carbocycles. The van der Waals surface area contributed by atoms with E-state index in [0.717, 1.165) is 18.3 Å². The van der Waals surface area contributed by atoms with Crippen molar-refractivity contribution in [3.8, 4) is 0 Å². The minimum atomic E-state index is -0.113. The summed E-state index contributed by atoms with van der Waals surface area (Å²) in [6.45, 7) is 8.10. The van der Waals surface area contributed by atoms with Crippen molar-refractivity contribution in [2.75, 3.05) is 19.6 Å². The smallest absolute Gasteiger partial charge is 0.0963 e. The molecule has 3 N–H and O–H groups in total. The summed E-state index contributed by atoms with van der Waals surface area (Å²) in [7, 11) is 0. The van der Waals surface area contributed by atoms with Crippen molar-refractivity contribution in [3.63, 3.8) is 0 Å². The molecule has 19 heavy (non-hydrogen) atoms. The van der Waals surface area contributed by atoms with Gasteiger partial charge in [0.15, 0.2) is 0 Å². The first kappa shape index (κ1) is 14.8. The molecule has 0 unspecified atom stereocenters. The Morgan fingerprint density at radius 1 is 1.11 bits per heavy atom. The quantitative estimate of drug-likeness (QED) is 0.362. The maximum absolute atomic E-state index is 7.59. The van der Waals surface area contributed by atoms with Crippen LogP contribution in [0.5, 0.6) is 0 Å². The van der Waals surface area contributed by atoms with Crippen LogP contribution in [0.25, 0.3) is 0 Å². The van der Waals surface area contributed by atoms with E-state index >= 15 is 0 Å². The minimum absolute atomic E-state index is 0.113. The number of nitrogens with one attached hydrogen (secondary N) is 1. The number of nitrogens with zero attached hydrogens (tertiary/aromatic N) is 1. The second-order valence-electron chi connectivity index (χ2n) is 7.40. The lowest BCUT2D eigenvalue weighted by Crippen LogP contribution is -2.32. The van der Waals surface area contributed by atoms with E-state index in [4.69, 9.17) is 11.1 Å². The second kappa shape index (κ2) is 6.25. The van der Waals surface area contributed by atoms with Gasteiger partial charge in [-0.3, -0.25) is 5.41 Å². The Bertz CT molecular complexity index is 289. The number of hydrogen-bond donors (Lipinski definition) is 2. The highest BCUT2D eigenvalue weighted by Crippen LogP contribution is 2.34. The van der Waals surface area contributed by atoms with Gasteiger partial charge in [0.1, 0.15) is 0 Å². The van der Waals surface area contributed by atoms with Crippen LogP contribution in [0, 0.1) is 22.7 Å². The topological polar surface area (TPSA) is 53.1 Å². The third-order valence-electron chi connectivity index (χ3n) is 4.68. The van der Waals surface area contributed by atoms with Crippen molar-refractivity contribution in [1.29, 1.82) is 5.41 Å². The van der Waals surface area contributed by atoms with Crippen molar-refractivity contribution in [1.82, 2.24) is 4.90 Å². The Kier molecular flexibility index (Phi) is 4.88. The molecule has 2 fully saturated rings. The van der Waals surface area contributed by atoms with E-state index in [2.05, 4.69) is 18.7 Å². The Labute approximate surface area is 118 Å². The molecule has 0 saturated heterocycles. The Balaban J connectivity index is 1.62. The first-order valence-corrected chi connectivity index (χ1v) is 8.04. The highest BCUT2D eigenvalue weighted by Gasteiger charge is 2.29. The monoisotopic (exact) mass is 265 g/mol. The summed E-state index contributed by atoms with van der Waals surface area (Å²) >= 11 is 0. The molecule has 3 nitrogen and oxygen atoms in total. The molecule has 0 radical (unpaired) electrons. The second-order valence-corrected chi connectivity index (χ2v) is 7.40. The summed E-state index contributed by atoms with van der Waals surface area (Å²) in [6.07, 6.45) is 9.33. The van der Waals surface area contributed by atoms with Gasteiger partial charge < -0.3 is 10.6 Å². The first-order chi connectivity index (χ1) is 8.97. The molecule has 0 amide bonds. The average Bonchev–Trinajstić information content (AvgIpc) is 3.19. The average molecular weight is 265 g/mol. The van der Waals surface area contributed by atoms with Gasteiger partial charge in [0.05, 0.1) is 5.84 Å². The first-order valence-electron chi connectivity index (χ1n) is 8.04. The fraction of sp³-hybridized carbons (Fsp3) is 0.938. The summed E-state index contributed by atoms with van der Waals surface area (Å²) < 4.78 is 0. The van der Waals surface area contributed by atoms with Crippen LogP contribution in [0.4, 0.5) is 0 Å². The van der Waals surface area contributed by atoms with Crippen LogP contribution >= 0.6 is 0 Å². The summed E-state index contributed by atoms with van der Waals surface area (Å²) in [4.78, 5) is 2.70. The van der Waals surface area contributed by atoms with Gasteiger partial charge in [0.2, 0.25) is 0 Å². The molecule has 2 aliphatic rings. The Morgan fingerprint density at radius 3 is 2.05 bits per heavy atom. The third-order valence-corrected chi connectivity index (χ3v) is 4.68. The maximum Gasteiger partial charge on any atom is 0.0963 e. The minimum Gasteiger partial charge on any atom is -0.387 e. The van der Waals surface area contributed by atoms with E-state index in [0.29, 0.717) is 5.84 Å². The van der Waals surface area contributed by atoms with E-state index in [-0.39, 0.29) is 5.41 Å². The van der Waals surface area contributed by atoms with E-state index < -0.39 is 0 Å². The molecule has 0 aromatic carbocycles. The fourth-order valence-electron chi connectivity index (χ4n) is 2.63. The highest BCUT2D eigenvalue weighted by atomic mass is 15.1. The zero-order chi connectivity index (χ0) is 13.9. The van der Waals surface area contributed by atoms with Gasteiger partial charge in [-0.2, -0.15) is 0 Å². The van der Waals surface area contributed by atoms with Crippen LogP contribution < -0.4 is 5.73 Å². The van der Waals surface area contributed by atoms with Gasteiger partial charge >= 0.3 is 0 Å². The van der Waals surface area contributed by atoms with Crippen LogP contribution in [-0.2, 0) is 0 Å². The number of amidine groups is 1. The molecule has 0 aliphatic heterocycles. The Hall–Kier alpha value is -0.570. The van der Waals surface area contributed by atoms with E-state index in [1.54, 1.807) is 0 Å². The molecule has 3 heteroatoms. The lowest BCUT2D eigenvalue weighted by atomic mass is 9.86. The standard InChI is InChI=1S/C16H31N3/c1-16(2,15(17)18)9-3-4-10-19(11-13-5-6-13)12-14-7-8-14/h13-14H,3-12H2,1-2H3,(H3,17,18). The van der Waals surface area contributed by atoms with Gasteiger partial charge in [-0.25, -0.2) is 0 Å². The van der Waals surface area contributed by atoms with Crippen molar-refractivity contribution >= 4 is 5.84 Å². The van der Waals surface area contributed by atoms with Crippen molar-refractivity contribution in [2.45, 2.75) is 58.8 Å². The van der Waals surface area contributed by atoms with Crippen LogP contribution in [0.3, 0.4) is 0 Å².